The molecular formula is C14H17NO5S2. The minimum absolute atomic E-state index is 0.285. The third kappa shape index (κ3) is 3.03. The molecule has 1 atom stereocenters. The lowest BCUT2D eigenvalue weighted by atomic mass is 10.1. The first-order valence-corrected chi connectivity index (χ1v) is 10.0. The number of hydrogen-bond donors (Lipinski definition) is 0. The normalized spacial score (nSPS) is 21.5. The smallest absolute Gasteiger partial charge is 0.255 e. The van der Waals surface area contributed by atoms with E-state index in [4.69, 9.17) is 9.47 Å². The van der Waals surface area contributed by atoms with Gasteiger partial charge >= 0.3 is 0 Å². The van der Waals surface area contributed by atoms with Crippen molar-refractivity contribution in [2.45, 2.75) is 5.37 Å². The molecule has 1 aromatic rings. The first-order valence-electron chi connectivity index (χ1n) is 6.94. The number of benzene rings is 1. The predicted octanol–water partition coefficient (Wildman–Crippen LogP) is 1.02. The van der Waals surface area contributed by atoms with Gasteiger partial charge in [0.15, 0.2) is 21.3 Å². The average molecular weight is 343 g/mol. The molecule has 6 nitrogen and oxygen atoms in total. The third-order valence-electron chi connectivity index (χ3n) is 3.63. The lowest BCUT2D eigenvalue weighted by Gasteiger charge is -2.34. The van der Waals surface area contributed by atoms with Gasteiger partial charge in [0.05, 0.1) is 0 Å². The minimum atomic E-state index is -3.32. The van der Waals surface area contributed by atoms with Crippen molar-refractivity contribution in [2.75, 3.05) is 37.5 Å². The van der Waals surface area contributed by atoms with E-state index >= 15 is 0 Å². The molecule has 120 valence electrons. The van der Waals surface area contributed by atoms with Gasteiger partial charge in [-0.05, 0) is 18.2 Å². The van der Waals surface area contributed by atoms with Crippen LogP contribution >= 0.6 is 11.8 Å². The second kappa shape index (κ2) is 6.00. The third-order valence-corrected chi connectivity index (χ3v) is 6.27. The average Bonchev–Trinajstić information content (AvgIpc) is 2.53. The van der Waals surface area contributed by atoms with Gasteiger partial charge in [-0.2, -0.15) is 11.8 Å². The van der Waals surface area contributed by atoms with Crippen LogP contribution in [0.5, 0.6) is 11.5 Å². The topological polar surface area (TPSA) is 72.9 Å². The lowest BCUT2D eigenvalue weighted by Crippen LogP contribution is -2.49. The van der Waals surface area contributed by atoms with E-state index in [0.717, 1.165) is 5.75 Å². The fourth-order valence-corrected chi connectivity index (χ4v) is 5.33. The molecule has 1 amide bonds. The van der Waals surface area contributed by atoms with Gasteiger partial charge < -0.3 is 14.4 Å². The van der Waals surface area contributed by atoms with Gasteiger partial charge in [-0.25, -0.2) is 8.42 Å². The van der Waals surface area contributed by atoms with E-state index in [0.29, 0.717) is 42.6 Å². The Morgan fingerprint density at radius 3 is 2.73 bits per heavy atom. The van der Waals surface area contributed by atoms with E-state index in [2.05, 4.69) is 0 Å². The molecule has 2 aliphatic heterocycles. The SMILES string of the molecule is CS(=O)(=O)C1CSCCN1C(=O)c1ccc2c(c1)OCCO2. The zero-order valence-electron chi connectivity index (χ0n) is 12.1. The van der Waals surface area contributed by atoms with Crippen LogP contribution < -0.4 is 9.47 Å². The fourth-order valence-electron chi connectivity index (χ4n) is 2.51. The summed E-state index contributed by atoms with van der Waals surface area (Å²) in [6, 6.07) is 4.96. The number of nitrogens with zero attached hydrogens (tertiary/aromatic N) is 1. The Balaban J connectivity index is 1.89. The predicted molar refractivity (Wildman–Crippen MR) is 84.4 cm³/mol. The molecular weight excluding hydrogens is 326 g/mol. The van der Waals surface area contributed by atoms with Crippen molar-refractivity contribution in [1.82, 2.24) is 4.90 Å². The summed E-state index contributed by atoms with van der Waals surface area (Å²) in [5.74, 6) is 2.00. The standard InChI is InChI=1S/C14H17NO5S2/c1-22(17,18)13-9-21-7-4-15(13)14(16)10-2-3-11-12(8-10)20-6-5-19-11/h2-3,8,13H,4-7,9H2,1H3. The number of hydrogen-bond acceptors (Lipinski definition) is 6. The van der Waals surface area contributed by atoms with Crippen LogP contribution in [0.25, 0.3) is 0 Å². The van der Waals surface area contributed by atoms with Crippen LogP contribution in [0.3, 0.4) is 0 Å². The summed E-state index contributed by atoms with van der Waals surface area (Å²) in [5.41, 5.74) is 0.421. The van der Waals surface area contributed by atoms with Gasteiger partial charge in [0.1, 0.15) is 18.6 Å². The fraction of sp³-hybridized carbons (Fsp3) is 0.500. The van der Waals surface area contributed by atoms with E-state index in [1.165, 1.54) is 11.2 Å². The molecule has 22 heavy (non-hydrogen) atoms. The monoisotopic (exact) mass is 343 g/mol. The molecule has 0 spiro atoms. The zero-order valence-corrected chi connectivity index (χ0v) is 13.8. The molecule has 2 aliphatic rings. The molecule has 8 heteroatoms. The van der Waals surface area contributed by atoms with Crippen LogP contribution in [-0.2, 0) is 9.84 Å². The summed E-state index contributed by atoms with van der Waals surface area (Å²) in [4.78, 5) is 14.1. The highest BCUT2D eigenvalue weighted by Gasteiger charge is 2.35. The first-order chi connectivity index (χ1) is 10.5. The van der Waals surface area contributed by atoms with E-state index in [1.807, 2.05) is 0 Å². The molecule has 1 saturated heterocycles. The highest BCUT2D eigenvalue weighted by molar-refractivity contribution is 8.00. The van der Waals surface area contributed by atoms with Crippen LogP contribution in [0.15, 0.2) is 18.2 Å². The van der Waals surface area contributed by atoms with E-state index in [9.17, 15) is 13.2 Å². The van der Waals surface area contributed by atoms with Crippen molar-refractivity contribution in [3.8, 4) is 11.5 Å². The molecule has 3 rings (SSSR count). The van der Waals surface area contributed by atoms with Gasteiger partial charge in [0.2, 0.25) is 0 Å². The maximum atomic E-state index is 12.7. The first kappa shape index (κ1) is 15.5. The van der Waals surface area contributed by atoms with E-state index in [1.54, 1.807) is 30.0 Å². The van der Waals surface area contributed by atoms with E-state index in [-0.39, 0.29) is 5.91 Å². The van der Waals surface area contributed by atoms with Crippen molar-refractivity contribution >= 4 is 27.5 Å². The number of sulfone groups is 1. The number of fused-ring (bicyclic) bond motifs is 1. The molecule has 0 radical (unpaired) electrons. The van der Waals surface area contributed by atoms with Crippen molar-refractivity contribution < 1.29 is 22.7 Å². The van der Waals surface area contributed by atoms with Gasteiger partial charge in [-0.1, -0.05) is 0 Å². The highest BCUT2D eigenvalue weighted by Crippen LogP contribution is 2.32. The van der Waals surface area contributed by atoms with Gasteiger partial charge in [-0.3, -0.25) is 4.79 Å². The lowest BCUT2D eigenvalue weighted by molar-refractivity contribution is 0.0748. The number of rotatable bonds is 2. The molecule has 0 saturated carbocycles. The van der Waals surface area contributed by atoms with Crippen LogP contribution in [0.2, 0.25) is 0 Å². The Hall–Kier alpha value is -1.41. The number of amides is 1. The quantitative estimate of drug-likeness (QED) is 0.798. The molecule has 2 heterocycles. The van der Waals surface area contributed by atoms with Crippen LogP contribution in [0.4, 0.5) is 0 Å². The molecule has 1 aromatic carbocycles. The van der Waals surface area contributed by atoms with Crippen LogP contribution in [0, 0.1) is 0 Å². The van der Waals surface area contributed by atoms with Crippen molar-refractivity contribution in [2.24, 2.45) is 0 Å². The molecule has 1 fully saturated rings. The summed E-state index contributed by atoms with van der Waals surface area (Å²) in [6.07, 6.45) is 1.17. The number of carbonyl (C=O) groups excluding carboxylic acids is 1. The van der Waals surface area contributed by atoms with Gasteiger partial charge in [0.25, 0.3) is 5.91 Å². The number of thioether (sulfide) groups is 1. The summed E-state index contributed by atoms with van der Waals surface area (Å²) in [6.45, 7) is 1.35. The van der Waals surface area contributed by atoms with Crippen LogP contribution in [-0.4, -0.2) is 62.1 Å². The van der Waals surface area contributed by atoms with Gasteiger partial charge in [0, 0.05) is 29.9 Å². The van der Waals surface area contributed by atoms with Gasteiger partial charge in [-0.15, -0.1) is 0 Å². The van der Waals surface area contributed by atoms with Crippen LogP contribution in [0.1, 0.15) is 10.4 Å². The molecule has 0 aliphatic carbocycles. The number of carbonyl (C=O) groups is 1. The Kier molecular flexibility index (Phi) is 4.22. The van der Waals surface area contributed by atoms with Crippen molar-refractivity contribution in [3.63, 3.8) is 0 Å². The Labute approximate surface area is 133 Å². The largest absolute Gasteiger partial charge is 0.486 e. The maximum absolute atomic E-state index is 12.7. The molecule has 1 unspecified atom stereocenters. The zero-order chi connectivity index (χ0) is 15.7. The molecule has 0 aromatic heterocycles. The maximum Gasteiger partial charge on any atom is 0.255 e. The number of ether oxygens (including phenoxy) is 2. The Morgan fingerprint density at radius 1 is 1.27 bits per heavy atom. The minimum Gasteiger partial charge on any atom is -0.486 e. The second-order valence-corrected chi connectivity index (χ2v) is 8.57. The second-order valence-electron chi connectivity index (χ2n) is 5.22. The molecule has 0 bridgehead atoms. The summed E-state index contributed by atoms with van der Waals surface area (Å²) in [7, 11) is -3.32. The highest BCUT2D eigenvalue weighted by atomic mass is 32.2. The van der Waals surface area contributed by atoms with Crippen molar-refractivity contribution in [1.29, 1.82) is 0 Å². The van der Waals surface area contributed by atoms with E-state index < -0.39 is 15.2 Å². The molecule has 0 N–H and O–H groups in total. The van der Waals surface area contributed by atoms with Crippen molar-refractivity contribution in [3.05, 3.63) is 23.8 Å². The summed E-state index contributed by atoms with van der Waals surface area (Å²) >= 11 is 1.55. The summed E-state index contributed by atoms with van der Waals surface area (Å²) < 4.78 is 34.7. The Bertz CT molecular complexity index is 688. The summed E-state index contributed by atoms with van der Waals surface area (Å²) in [5, 5.41) is -0.771. The Morgan fingerprint density at radius 2 is 2.00 bits per heavy atom.